The average Bonchev–Trinajstić information content (AvgIpc) is 2.72. The summed E-state index contributed by atoms with van der Waals surface area (Å²) in [5, 5.41) is 15.5. The first-order valence-corrected chi connectivity index (χ1v) is 9.10. The van der Waals surface area contributed by atoms with E-state index in [1.165, 1.54) is 11.9 Å². The van der Waals surface area contributed by atoms with Crippen LogP contribution < -0.4 is 16.2 Å². The molecule has 0 saturated carbocycles. The minimum atomic E-state index is 0.599. The highest BCUT2D eigenvalue weighted by molar-refractivity contribution is 6.49. The van der Waals surface area contributed by atoms with Crippen LogP contribution in [0.4, 0.5) is 5.82 Å². The molecule has 6 heteroatoms. The van der Waals surface area contributed by atoms with Gasteiger partial charge in [-0.05, 0) is 47.4 Å². The van der Waals surface area contributed by atoms with Gasteiger partial charge in [0.15, 0.2) is 0 Å². The number of anilines is 1. The predicted molar refractivity (Wildman–Crippen MR) is 116 cm³/mol. The van der Waals surface area contributed by atoms with E-state index in [9.17, 15) is 0 Å². The molecule has 0 saturated heterocycles. The zero-order chi connectivity index (χ0) is 19.5. The molecule has 4 rings (SSSR count). The normalized spacial score (nSPS) is 10.8. The molecule has 4 nitrogen and oxygen atoms in total. The second kappa shape index (κ2) is 7.74. The van der Waals surface area contributed by atoms with Crippen LogP contribution in [0.25, 0.3) is 21.7 Å². The molecule has 1 aromatic heterocycles. The smallest absolute Gasteiger partial charge is 0.137 e. The fraction of sp³-hybridized carbons (Fsp3) is 0.136. The van der Waals surface area contributed by atoms with Crippen LogP contribution in [0.1, 0.15) is 17.5 Å². The van der Waals surface area contributed by atoms with Crippen molar-refractivity contribution in [3.05, 3.63) is 66.0 Å². The number of fused-ring (bicyclic) bond motifs is 2. The zero-order valence-electron chi connectivity index (χ0n) is 15.3. The van der Waals surface area contributed by atoms with Crippen LogP contribution in [-0.2, 0) is 6.42 Å². The summed E-state index contributed by atoms with van der Waals surface area (Å²) in [6.07, 6.45) is 3.41. The summed E-state index contributed by atoms with van der Waals surface area (Å²) in [5.74, 6) is 0.754. The molecule has 3 aromatic carbocycles. The van der Waals surface area contributed by atoms with Crippen molar-refractivity contribution in [2.24, 2.45) is 0 Å². The second-order valence-corrected chi connectivity index (χ2v) is 6.76. The summed E-state index contributed by atoms with van der Waals surface area (Å²) in [6.45, 7) is 0.769. The summed E-state index contributed by atoms with van der Waals surface area (Å²) in [6, 6.07) is 17.8. The van der Waals surface area contributed by atoms with Gasteiger partial charge in [0.05, 0.1) is 17.1 Å². The van der Waals surface area contributed by atoms with Crippen molar-refractivity contribution in [2.75, 3.05) is 11.9 Å². The molecule has 0 aliphatic rings. The highest BCUT2D eigenvalue weighted by Crippen LogP contribution is 2.21. The van der Waals surface area contributed by atoms with Gasteiger partial charge >= 0.3 is 0 Å². The van der Waals surface area contributed by atoms with Crippen molar-refractivity contribution in [1.29, 1.82) is 5.26 Å². The van der Waals surface area contributed by atoms with E-state index in [1.807, 2.05) is 24.3 Å². The minimum absolute atomic E-state index is 0.599. The Morgan fingerprint density at radius 2 is 1.75 bits per heavy atom. The fourth-order valence-corrected chi connectivity index (χ4v) is 3.30. The number of hydrogen-bond donors (Lipinski definition) is 1. The van der Waals surface area contributed by atoms with Gasteiger partial charge in [-0.25, -0.2) is 9.97 Å². The van der Waals surface area contributed by atoms with Gasteiger partial charge in [0.2, 0.25) is 0 Å². The molecule has 0 amide bonds. The summed E-state index contributed by atoms with van der Waals surface area (Å²) < 4.78 is 0. The van der Waals surface area contributed by atoms with Crippen LogP contribution in [0, 0.1) is 11.3 Å². The molecule has 0 unspecified atom stereocenters. The van der Waals surface area contributed by atoms with E-state index >= 15 is 0 Å². The summed E-state index contributed by atoms with van der Waals surface area (Å²) >= 11 is 0. The lowest BCUT2D eigenvalue weighted by molar-refractivity contribution is 0.860. The highest BCUT2D eigenvalue weighted by atomic mass is 15.0. The van der Waals surface area contributed by atoms with Gasteiger partial charge in [0.1, 0.15) is 27.8 Å². The van der Waals surface area contributed by atoms with E-state index in [-0.39, 0.29) is 0 Å². The van der Waals surface area contributed by atoms with Crippen LogP contribution in [0.5, 0.6) is 0 Å². The second-order valence-electron chi connectivity index (χ2n) is 6.76. The number of benzene rings is 3. The summed E-state index contributed by atoms with van der Waals surface area (Å²) in [7, 11) is 11.8. The molecule has 28 heavy (non-hydrogen) atoms. The molecule has 0 spiro atoms. The molecule has 0 atom stereocenters. The van der Waals surface area contributed by atoms with Crippen LogP contribution in [0.3, 0.4) is 0 Å². The van der Waals surface area contributed by atoms with Gasteiger partial charge < -0.3 is 5.32 Å². The Morgan fingerprint density at radius 3 is 2.57 bits per heavy atom. The SMILES string of the molecule is [B]c1cc2ccc(CCCNc3ncnc4ccc(C#N)cc34)cc2cc1[B]. The monoisotopic (exact) mass is 358 g/mol. The molecular weight excluding hydrogens is 342 g/mol. The standard InChI is InChI=1S/C22H16B2N4/c23-19-10-16-5-3-14(8-17(16)11-20(19)24)2-1-7-26-22-18-9-15(12-25)4-6-21(18)27-13-28-22/h3-6,8-11,13H,1-2,7H2,(H,26,27,28). The van der Waals surface area contributed by atoms with E-state index in [1.54, 1.807) is 6.07 Å². The maximum Gasteiger partial charge on any atom is 0.137 e. The first kappa shape index (κ1) is 18.1. The van der Waals surface area contributed by atoms with Crippen molar-refractivity contribution in [2.45, 2.75) is 12.8 Å². The lowest BCUT2D eigenvalue weighted by Gasteiger charge is -2.10. The Morgan fingerprint density at radius 1 is 0.929 bits per heavy atom. The third-order valence-corrected chi connectivity index (χ3v) is 4.81. The van der Waals surface area contributed by atoms with E-state index in [0.29, 0.717) is 16.5 Å². The molecule has 4 aromatic rings. The quantitative estimate of drug-likeness (QED) is 0.439. The molecule has 0 aliphatic carbocycles. The van der Waals surface area contributed by atoms with Crippen LogP contribution in [-0.4, -0.2) is 32.2 Å². The van der Waals surface area contributed by atoms with Crippen molar-refractivity contribution < 1.29 is 0 Å². The van der Waals surface area contributed by atoms with Gasteiger partial charge in [-0.15, -0.1) is 10.9 Å². The van der Waals surface area contributed by atoms with Crippen LogP contribution in [0.15, 0.2) is 54.9 Å². The first-order valence-electron chi connectivity index (χ1n) is 9.10. The zero-order valence-corrected chi connectivity index (χ0v) is 15.3. The maximum atomic E-state index is 9.11. The van der Waals surface area contributed by atoms with Crippen LogP contribution >= 0.6 is 0 Å². The fourth-order valence-electron chi connectivity index (χ4n) is 3.30. The number of rotatable bonds is 5. The molecule has 4 radical (unpaired) electrons. The van der Waals surface area contributed by atoms with Crippen LogP contribution in [0.2, 0.25) is 0 Å². The Hall–Kier alpha value is -3.32. The van der Waals surface area contributed by atoms with Crippen molar-refractivity contribution in [1.82, 2.24) is 9.97 Å². The molecule has 130 valence electrons. The third kappa shape index (κ3) is 3.70. The molecule has 1 N–H and O–H groups in total. The molecule has 0 aliphatic heterocycles. The highest BCUT2D eigenvalue weighted by Gasteiger charge is 2.05. The molecule has 1 heterocycles. The number of nitrogens with zero attached hydrogens (tertiary/aromatic N) is 3. The van der Waals surface area contributed by atoms with Gasteiger partial charge in [0, 0.05) is 11.9 Å². The first-order chi connectivity index (χ1) is 13.6. The Bertz CT molecular complexity index is 1210. The number of aryl methyl sites for hydroxylation is 1. The topological polar surface area (TPSA) is 61.6 Å². The molecule has 0 fully saturated rings. The lowest BCUT2D eigenvalue weighted by Crippen LogP contribution is -2.24. The summed E-state index contributed by atoms with van der Waals surface area (Å²) in [4.78, 5) is 8.58. The van der Waals surface area contributed by atoms with Gasteiger partial charge in [-0.3, -0.25) is 0 Å². The van der Waals surface area contributed by atoms with Crippen molar-refractivity contribution in [3.63, 3.8) is 0 Å². The minimum Gasteiger partial charge on any atom is -0.369 e. The van der Waals surface area contributed by atoms with E-state index in [4.69, 9.17) is 21.0 Å². The van der Waals surface area contributed by atoms with Crippen molar-refractivity contribution in [3.8, 4) is 6.07 Å². The third-order valence-electron chi connectivity index (χ3n) is 4.81. The van der Waals surface area contributed by atoms with Crippen molar-refractivity contribution >= 4 is 54.1 Å². The van der Waals surface area contributed by atoms with Gasteiger partial charge in [-0.1, -0.05) is 30.3 Å². The number of aromatic nitrogens is 2. The lowest BCUT2D eigenvalue weighted by atomic mass is 9.79. The molecular formula is C22H16B2N4. The molecule has 0 bridgehead atoms. The Labute approximate surface area is 166 Å². The van der Waals surface area contributed by atoms with Gasteiger partial charge in [0.25, 0.3) is 0 Å². The number of nitrogens with one attached hydrogen (secondary N) is 1. The average molecular weight is 358 g/mol. The number of hydrogen-bond acceptors (Lipinski definition) is 4. The maximum absolute atomic E-state index is 9.11. The predicted octanol–water partition coefficient (Wildman–Crippen LogP) is 2.29. The van der Waals surface area contributed by atoms with E-state index in [2.05, 4.69) is 39.6 Å². The Kier molecular flexibility index (Phi) is 4.99. The van der Waals surface area contributed by atoms with E-state index < -0.39 is 0 Å². The summed E-state index contributed by atoms with van der Waals surface area (Å²) in [5.41, 5.74) is 3.89. The Balaban J connectivity index is 1.44. The van der Waals surface area contributed by atoms with Gasteiger partial charge in [-0.2, -0.15) is 5.26 Å². The van der Waals surface area contributed by atoms with E-state index in [0.717, 1.165) is 46.9 Å². The largest absolute Gasteiger partial charge is 0.369 e. The number of nitriles is 1.